The zero-order valence-corrected chi connectivity index (χ0v) is 18.1. The number of nitrogens with one attached hydrogen (secondary N) is 2. The van der Waals surface area contributed by atoms with Crippen LogP contribution in [0.1, 0.15) is 19.8 Å². The number of hydrogen-bond donors (Lipinski definition) is 3. The summed E-state index contributed by atoms with van der Waals surface area (Å²) >= 11 is 13.9. The highest BCUT2D eigenvalue weighted by atomic mass is 35.5. The van der Waals surface area contributed by atoms with Crippen LogP contribution in [0.4, 0.5) is 0 Å². The average molecular weight is 445 g/mol. The van der Waals surface area contributed by atoms with Crippen molar-refractivity contribution in [2.75, 3.05) is 26.2 Å². The Morgan fingerprint density at radius 2 is 2.07 bits per heavy atom. The number of ether oxygens (including phenoxy) is 1. The van der Waals surface area contributed by atoms with Crippen LogP contribution in [0.25, 0.3) is 0 Å². The molecule has 0 radical (unpaired) electrons. The van der Waals surface area contributed by atoms with Crippen molar-refractivity contribution < 1.29 is 9.53 Å². The van der Waals surface area contributed by atoms with E-state index < -0.39 is 0 Å². The third kappa shape index (κ3) is 3.90. The van der Waals surface area contributed by atoms with Gasteiger partial charge < -0.3 is 15.8 Å². The van der Waals surface area contributed by atoms with Gasteiger partial charge in [0.1, 0.15) is 6.17 Å². The van der Waals surface area contributed by atoms with Crippen molar-refractivity contribution in [2.24, 2.45) is 11.1 Å². The first-order valence-electron chi connectivity index (χ1n) is 9.65. The van der Waals surface area contributed by atoms with Crippen LogP contribution in [0.3, 0.4) is 0 Å². The van der Waals surface area contributed by atoms with Gasteiger partial charge in [-0.2, -0.15) is 0 Å². The monoisotopic (exact) mass is 444 g/mol. The van der Waals surface area contributed by atoms with Crippen LogP contribution >= 0.6 is 35.0 Å². The SMILES string of the molecule is C[C@@H]1OCC2(CCN(C3NCC(Sc4cccc(Cl)c4Cl)NC3=O)CC2)[C@@H]1N. The molecule has 3 saturated heterocycles. The third-order valence-corrected chi connectivity index (χ3v) is 8.33. The lowest BCUT2D eigenvalue weighted by Gasteiger charge is -2.45. The summed E-state index contributed by atoms with van der Waals surface area (Å²) < 4.78 is 5.79. The molecule has 3 aliphatic heterocycles. The smallest absolute Gasteiger partial charge is 0.253 e. The second-order valence-electron chi connectivity index (χ2n) is 7.92. The fourth-order valence-electron chi connectivity index (χ4n) is 4.39. The summed E-state index contributed by atoms with van der Waals surface area (Å²) in [6, 6.07) is 5.60. The van der Waals surface area contributed by atoms with Gasteiger partial charge in [0.2, 0.25) is 0 Å². The van der Waals surface area contributed by atoms with Gasteiger partial charge in [0.15, 0.2) is 0 Å². The maximum atomic E-state index is 12.7. The van der Waals surface area contributed by atoms with Crippen molar-refractivity contribution in [3.63, 3.8) is 0 Å². The second kappa shape index (κ2) is 8.30. The molecule has 154 valence electrons. The normalized spacial score (nSPS) is 33.2. The average Bonchev–Trinajstić information content (AvgIpc) is 2.95. The van der Waals surface area contributed by atoms with E-state index in [0.717, 1.165) is 37.4 Å². The number of hydrogen-bond acceptors (Lipinski definition) is 6. The first-order chi connectivity index (χ1) is 13.4. The molecule has 28 heavy (non-hydrogen) atoms. The zero-order valence-electron chi connectivity index (χ0n) is 15.8. The minimum absolute atomic E-state index is 0.00168. The van der Waals surface area contributed by atoms with Gasteiger partial charge in [-0.3, -0.25) is 15.0 Å². The van der Waals surface area contributed by atoms with Gasteiger partial charge in [0, 0.05) is 36.0 Å². The molecule has 9 heteroatoms. The van der Waals surface area contributed by atoms with Gasteiger partial charge in [0.25, 0.3) is 5.91 Å². The van der Waals surface area contributed by atoms with Crippen LogP contribution in [0.15, 0.2) is 23.1 Å². The lowest BCUT2D eigenvalue weighted by Crippen LogP contribution is -2.65. The van der Waals surface area contributed by atoms with Crippen LogP contribution in [0.5, 0.6) is 0 Å². The van der Waals surface area contributed by atoms with Crippen LogP contribution in [0, 0.1) is 5.41 Å². The molecule has 1 spiro atoms. The van der Waals surface area contributed by atoms with Crippen molar-refractivity contribution in [1.82, 2.24) is 15.5 Å². The molecule has 1 aromatic rings. The number of benzene rings is 1. The molecule has 3 heterocycles. The van der Waals surface area contributed by atoms with E-state index >= 15 is 0 Å². The fourth-order valence-corrected chi connectivity index (χ4v) is 5.92. The van der Waals surface area contributed by atoms with Crippen molar-refractivity contribution >= 4 is 40.9 Å². The zero-order chi connectivity index (χ0) is 19.9. The van der Waals surface area contributed by atoms with Gasteiger partial charge in [0.05, 0.1) is 28.1 Å². The molecule has 3 fully saturated rings. The quantitative estimate of drug-likeness (QED) is 0.663. The third-order valence-electron chi connectivity index (χ3n) is 6.24. The fraction of sp³-hybridized carbons (Fsp3) is 0.632. The number of nitrogens with two attached hydrogens (primary N) is 1. The molecule has 0 aliphatic carbocycles. The molecular weight excluding hydrogens is 419 g/mol. The summed E-state index contributed by atoms with van der Waals surface area (Å²) in [5.74, 6) is -0.00168. The molecular formula is C19H26Cl2N4O2S. The highest BCUT2D eigenvalue weighted by molar-refractivity contribution is 8.00. The van der Waals surface area contributed by atoms with Crippen LogP contribution in [0.2, 0.25) is 10.0 Å². The summed E-state index contributed by atoms with van der Waals surface area (Å²) in [6.07, 6.45) is 1.72. The largest absolute Gasteiger partial charge is 0.376 e. The molecule has 4 N–H and O–H groups in total. The Hall–Kier alpha value is -0.540. The number of rotatable bonds is 3. The van der Waals surface area contributed by atoms with E-state index in [1.807, 2.05) is 19.1 Å². The van der Waals surface area contributed by atoms with Crippen LogP contribution in [-0.2, 0) is 9.53 Å². The highest BCUT2D eigenvalue weighted by Gasteiger charge is 2.48. The summed E-state index contributed by atoms with van der Waals surface area (Å²) in [6.45, 7) is 5.11. The molecule has 1 amide bonds. The first kappa shape index (κ1) is 20.7. The number of piperazine rings is 1. The predicted octanol–water partition coefficient (Wildman–Crippen LogP) is 2.29. The van der Waals surface area contributed by atoms with Crippen molar-refractivity contribution in [1.29, 1.82) is 0 Å². The summed E-state index contributed by atoms with van der Waals surface area (Å²) in [7, 11) is 0. The Morgan fingerprint density at radius 3 is 2.71 bits per heavy atom. The van der Waals surface area contributed by atoms with Gasteiger partial charge >= 0.3 is 0 Å². The van der Waals surface area contributed by atoms with Crippen LogP contribution < -0.4 is 16.4 Å². The number of carbonyl (C=O) groups is 1. The van der Waals surface area contributed by atoms with E-state index in [-0.39, 0.29) is 35.0 Å². The van der Waals surface area contributed by atoms with Crippen molar-refractivity contribution in [3.05, 3.63) is 28.2 Å². The summed E-state index contributed by atoms with van der Waals surface area (Å²) in [5.41, 5.74) is 6.45. The number of likely N-dealkylation sites (tertiary alicyclic amines) is 1. The minimum atomic E-state index is -0.306. The Balaban J connectivity index is 1.33. The Kier molecular flexibility index (Phi) is 6.14. The van der Waals surface area contributed by atoms with E-state index in [1.165, 1.54) is 11.8 Å². The minimum Gasteiger partial charge on any atom is -0.376 e. The van der Waals surface area contributed by atoms with Gasteiger partial charge in [-0.15, -0.1) is 0 Å². The van der Waals surface area contributed by atoms with E-state index in [1.54, 1.807) is 6.07 Å². The maximum Gasteiger partial charge on any atom is 0.253 e. The van der Waals surface area contributed by atoms with E-state index in [0.29, 0.717) is 16.6 Å². The lowest BCUT2D eigenvalue weighted by atomic mass is 9.73. The van der Waals surface area contributed by atoms with E-state index in [2.05, 4.69) is 15.5 Å². The lowest BCUT2D eigenvalue weighted by molar-refractivity contribution is -0.131. The molecule has 0 bridgehead atoms. The first-order valence-corrected chi connectivity index (χ1v) is 11.3. The molecule has 3 aliphatic rings. The molecule has 2 unspecified atom stereocenters. The highest BCUT2D eigenvalue weighted by Crippen LogP contribution is 2.41. The van der Waals surface area contributed by atoms with Gasteiger partial charge in [-0.1, -0.05) is 41.0 Å². The van der Waals surface area contributed by atoms with E-state index in [4.69, 9.17) is 33.7 Å². The van der Waals surface area contributed by atoms with Gasteiger partial charge in [-0.05, 0) is 31.9 Å². The Labute approximate surface area is 179 Å². The molecule has 0 saturated carbocycles. The number of amides is 1. The molecule has 1 aromatic carbocycles. The van der Waals surface area contributed by atoms with Crippen molar-refractivity contribution in [2.45, 2.75) is 48.3 Å². The number of piperidine rings is 1. The second-order valence-corrected chi connectivity index (χ2v) is 9.95. The summed E-state index contributed by atoms with van der Waals surface area (Å²) in [5, 5.41) is 7.45. The number of carbonyl (C=O) groups excluding carboxylic acids is 1. The number of thioether (sulfide) groups is 1. The van der Waals surface area contributed by atoms with Gasteiger partial charge in [-0.25, -0.2) is 0 Å². The molecule has 0 aromatic heterocycles. The maximum absolute atomic E-state index is 12.7. The van der Waals surface area contributed by atoms with Crippen LogP contribution in [-0.4, -0.2) is 60.7 Å². The summed E-state index contributed by atoms with van der Waals surface area (Å²) in [4.78, 5) is 15.8. The number of nitrogens with zero attached hydrogens (tertiary/aromatic N) is 1. The molecule has 4 rings (SSSR count). The standard InChI is InChI=1S/C19H26Cl2N4O2S/c1-11-16(22)19(10-27-11)5-7-25(8-6-19)17-18(26)24-14(9-23-17)28-13-4-2-3-12(20)15(13)21/h2-4,11,14,16-17,23H,5-10,22H2,1H3,(H,24,26)/t11-,14?,16+,17?/m0/s1. The Morgan fingerprint density at radius 1 is 1.32 bits per heavy atom. The topological polar surface area (TPSA) is 79.6 Å². The van der Waals surface area contributed by atoms with Crippen molar-refractivity contribution in [3.8, 4) is 0 Å². The Bertz CT molecular complexity index is 745. The number of halogens is 2. The predicted molar refractivity (Wildman–Crippen MR) is 113 cm³/mol. The molecule has 4 atom stereocenters. The molecule has 6 nitrogen and oxygen atoms in total. The van der Waals surface area contributed by atoms with E-state index in [9.17, 15) is 4.79 Å².